The lowest BCUT2D eigenvalue weighted by Gasteiger charge is -2.01. The summed E-state index contributed by atoms with van der Waals surface area (Å²) in [6, 6.07) is 0. The number of nitrogens with one attached hydrogen (secondary N) is 1. The van der Waals surface area contributed by atoms with Gasteiger partial charge in [0.05, 0.1) is 6.10 Å². The fraction of sp³-hybridized carbons (Fsp3) is 0.875. The summed E-state index contributed by atoms with van der Waals surface area (Å²) in [5.41, 5.74) is 0. The van der Waals surface area contributed by atoms with Crippen LogP contribution in [0.3, 0.4) is 0 Å². The molecular formula is C8H14F3NO4. The van der Waals surface area contributed by atoms with E-state index in [0.29, 0.717) is 0 Å². The lowest BCUT2D eigenvalue weighted by molar-refractivity contribution is -0.272. The maximum Gasteiger partial charge on any atom is 0.494 e. The second kappa shape index (κ2) is 7.42. The molecule has 0 radical (unpaired) electrons. The highest BCUT2D eigenvalue weighted by Gasteiger charge is 2.41. The van der Waals surface area contributed by atoms with Crippen LogP contribution in [0, 0.1) is 0 Å². The zero-order valence-corrected chi connectivity index (χ0v) is 8.46. The molecule has 1 aliphatic rings. The fourth-order valence-electron chi connectivity index (χ4n) is 1.05. The third-order valence-corrected chi connectivity index (χ3v) is 1.86. The number of alkyl halides is 3. The maximum atomic E-state index is 10.8. The molecule has 5 nitrogen and oxygen atoms in total. The first-order chi connectivity index (χ1) is 7.38. The number of halogens is 3. The maximum absolute atomic E-state index is 10.8. The van der Waals surface area contributed by atoms with Gasteiger partial charge in [-0.15, -0.1) is 0 Å². The van der Waals surface area contributed by atoms with E-state index in [-0.39, 0.29) is 6.10 Å². The van der Waals surface area contributed by atoms with Gasteiger partial charge in [0.1, 0.15) is 0 Å². The summed E-state index contributed by atoms with van der Waals surface area (Å²) in [4.78, 5) is 11.6. The second-order valence-electron chi connectivity index (χ2n) is 3.21. The summed E-state index contributed by atoms with van der Waals surface area (Å²) >= 11 is 0. The Labute approximate surface area is 90.1 Å². The molecule has 1 atom stereocenters. The van der Waals surface area contributed by atoms with E-state index in [9.17, 15) is 18.0 Å². The average molecular weight is 245 g/mol. The molecule has 1 aliphatic heterocycles. The summed E-state index contributed by atoms with van der Waals surface area (Å²) in [7, 11) is 0. The summed E-state index contributed by atoms with van der Waals surface area (Å²) in [5, 5.41) is 19.4. The molecule has 1 fully saturated rings. The van der Waals surface area contributed by atoms with Crippen molar-refractivity contribution in [3.63, 3.8) is 0 Å². The van der Waals surface area contributed by atoms with Crippen LogP contribution < -0.4 is 5.32 Å². The minimum absolute atomic E-state index is 0.0370. The molecular weight excluding hydrogens is 231 g/mol. The third kappa shape index (κ3) is 7.43. The summed E-state index contributed by atoms with van der Waals surface area (Å²) in [6.45, 7) is 2.07. The highest BCUT2D eigenvalue weighted by Crippen LogP contribution is 2.15. The van der Waals surface area contributed by atoms with Gasteiger partial charge in [-0.3, -0.25) is 4.89 Å². The van der Waals surface area contributed by atoms with Crippen molar-refractivity contribution in [1.82, 2.24) is 5.32 Å². The summed E-state index contributed by atoms with van der Waals surface area (Å²) in [5.74, 6) is -2.61. The van der Waals surface area contributed by atoms with Crippen LogP contribution in [0.1, 0.15) is 19.3 Å². The molecule has 0 bridgehead atoms. The van der Waals surface area contributed by atoms with Crippen LogP contribution in [0.4, 0.5) is 13.2 Å². The normalized spacial score (nSPS) is 21.4. The van der Waals surface area contributed by atoms with Crippen molar-refractivity contribution in [1.29, 1.82) is 0 Å². The molecule has 0 amide bonds. The van der Waals surface area contributed by atoms with Gasteiger partial charge in [0.15, 0.2) is 0 Å². The van der Waals surface area contributed by atoms with Crippen molar-refractivity contribution in [2.45, 2.75) is 31.5 Å². The van der Waals surface area contributed by atoms with Gasteiger partial charge in [0.25, 0.3) is 0 Å². The number of hydrogen-bond acceptors (Lipinski definition) is 5. The first-order valence-electron chi connectivity index (χ1n) is 4.69. The molecule has 8 heteroatoms. The molecule has 0 saturated carbocycles. The van der Waals surface area contributed by atoms with Crippen LogP contribution in [0.15, 0.2) is 0 Å². The number of hydrogen-bond donors (Lipinski definition) is 3. The number of carbonyl (C=O) groups excluding carboxylic acids is 1. The second-order valence-corrected chi connectivity index (χ2v) is 3.21. The van der Waals surface area contributed by atoms with Crippen molar-refractivity contribution in [3.05, 3.63) is 0 Å². The molecule has 0 aliphatic carbocycles. The van der Waals surface area contributed by atoms with Crippen LogP contribution >= 0.6 is 0 Å². The van der Waals surface area contributed by atoms with Crippen molar-refractivity contribution in [3.8, 4) is 0 Å². The van der Waals surface area contributed by atoms with Crippen LogP contribution in [0.25, 0.3) is 0 Å². The minimum Gasteiger partial charge on any atom is -0.393 e. The van der Waals surface area contributed by atoms with Crippen molar-refractivity contribution < 1.29 is 33.2 Å². The third-order valence-electron chi connectivity index (χ3n) is 1.86. The zero-order valence-electron chi connectivity index (χ0n) is 8.46. The SMILES string of the molecule is O=C(OO)C(F)(F)F.OC1CCCNCC1. The average Bonchev–Trinajstić information content (AvgIpc) is 2.44. The molecule has 16 heavy (non-hydrogen) atoms. The Hall–Kier alpha value is -0.860. The Morgan fingerprint density at radius 2 is 1.94 bits per heavy atom. The van der Waals surface area contributed by atoms with Gasteiger partial charge in [-0.2, -0.15) is 18.4 Å². The first kappa shape index (κ1) is 15.1. The zero-order chi connectivity index (χ0) is 12.6. The Morgan fingerprint density at radius 1 is 1.31 bits per heavy atom. The number of rotatable bonds is 0. The molecule has 96 valence electrons. The van der Waals surface area contributed by atoms with Gasteiger partial charge in [0, 0.05) is 0 Å². The lowest BCUT2D eigenvalue weighted by Crippen LogP contribution is -2.23. The summed E-state index contributed by atoms with van der Waals surface area (Å²) < 4.78 is 32.4. The highest BCUT2D eigenvalue weighted by atomic mass is 19.4. The van der Waals surface area contributed by atoms with Gasteiger partial charge in [-0.05, 0) is 32.4 Å². The molecule has 1 saturated heterocycles. The Morgan fingerprint density at radius 3 is 2.38 bits per heavy atom. The van der Waals surface area contributed by atoms with Crippen LogP contribution in [-0.4, -0.2) is 41.7 Å². The minimum atomic E-state index is -5.10. The van der Waals surface area contributed by atoms with Crippen molar-refractivity contribution in [2.24, 2.45) is 0 Å². The van der Waals surface area contributed by atoms with Gasteiger partial charge >= 0.3 is 12.1 Å². The highest BCUT2D eigenvalue weighted by molar-refractivity contribution is 5.74. The molecule has 0 aromatic heterocycles. The number of aliphatic hydroxyl groups excluding tert-OH is 1. The van der Waals surface area contributed by atoms with E-state index in [1.54, 1.807) is 0 Å². The molecule has 0 spiro atoms. The number of carbonyl (C=O) groups is 1. The van der Waals surface area contributed by atoms with E-state index >= 15 is 0 Å². The Balaban J connectivity index is 0.000000281. The molecule has 1 heterocycles. The molecule has 0 aromatic rings. The van der Waals surface area contributed by atoms with Crippen molar-refractivity contribution in [2.75, 3.05) is 13.1 Å². The topological polar surface area (TPSA) is 78.8 Å². The molecule has 1 unspecified atom stereocenters. The van der Waals surface area contributed by atoms with Gasteiger partial charge in [0.2, 0.25) is 0 Å². The van der Waals surface area contributed by atoms with E-state index in [1.165, 1.54) is 0 Å². The molecule has 1 rings (SSSR count). The van der Waals surface area contributed by atoms with Crippen LogP contribution in [-0.2, 0) is 9.68 Å². The molecule has 3 N–H and O–H groups in total. The summed E-state index contributed by atoms with van der Waals surface area (Å²) in [6.07, 6.45) is -2.10. The Kier molecular flexibility index (Phi) is 7.02. The standard InChI is InChI=1S/C6H13NO.C2HF3O3/c8-6-2-1-4-7-5-3-6;3-2(4,5)1(6)8-7/h6-8H,1-5H2;7H. The monoisotopic (exact) mass is 245 g/mol. The predicted octanol–water partition coefficient (Wildman–Crippen LogP) is 0.686. The van der Waals surface area contributed by atoms with E-state index in [2.05, 4.69) is 10.2 Å². The van der Waals surface area contributed by atoms with E-state index in [4.69, 9.17) is 10.4 Å². The quantitative estimate of drug-likeness (QED) is 0.432. The van der Waals surface area contributed by atoms with E-state index < -0.39 is 12.1 Å². The number of aliphatic hydroxyl groups is 1. The van der Waals surface area contributed by atoms with Gasteiger partial charge in [-0.25, -0.2) is 4.79 Å². The molecule has 0 aromatic carbocycles. The smallest absolute Gasteiger partial charge is 0.393 e. The predicted molar refractivity (Wildman–Crippen MR) is 47.5 cm³/mol. The fourth-order valence-corrected chi connectivity index (χ4v) is 1.05. The van der Waals surface area contributed by atoms with E-state index in [1.807, 2.05) is 0 Å². The lowest BCUT2D eigenvalue weighted by atomic mass is 10.2. The van der Waals surface area contributed by atoms with Crippen LogP contribution in [0.5, 0.6) is 0 Å². The van der Waals surface area contributed by atoms with Crippen LogP contribution in [0.2, 0.25) is 0 Å². The van der Waals surface area contributed by atoms with Gasteiger partial charge in [-0.1, -0.05) is 0 Å². The largest absolute Gasteiger partial charge is 0.494 e. The Bertz CT molecular complexity index is 202. The first-order valence-corrected chi connectivity index (χ1v) is 4.69. The van der Waals surface area contributed by atoms with Crippen molar-refractivity contribution >= 4 is 5.97 Å². The van der Waals surface area contributed by atoms with Gasteiger partial charge < -0.3 is 10.4 Å². The van der Waals surface area contributed by atoms with E-state index in [0.717, 1.165) is 32.4 Å².